The van der Waals surface area contributed by atoms with Crippen molar-refractivity contribution in [3.63, 3.8) is 0 Å². The third-order valence-corrected chi connectivity index (χ3v) is 7.10. The van der Waals surface area contributed by atoms with Crippen molar-refractivity contribution in [2.75, 3.05) is 18.4 Å². The molecule has 6 nitrogen and oxygen atoms in total. The molecule has 4 rings (SSSR count). The van der Waals surface area contributed by atoms with Crippen molar-refractivity contribution in [2.24, 2.45) is 7.05 Å². The van der Waals surface area contributed by atoms with Crippen LogP contribution in [0.25, 0.3) is 0 Å². The van der Waals surface area contributed by atoms with E-state index in [4.69, 9.17) is 0 Å². The summed E-state index contributed by atoms with van der Waals surface area (Å²) in [4.78, 5) is 15.4. The highest BCUT2D eigenvalue weighted by Crippen LogP contribution is 2.37. The van der Waals surface area contributed by atoms with Gasteiger partial charge in [0, 0.05) is 30.7 Å². The van der Waals surface area contributed by atoms with Crippen molar-refractivity contribution >= 4 is 11.7 Å². The van der Waals surface area contributed by atoms with E-state index in [2.05, 4.69) is 57.7 Å². The number of nitriles is 1. The van der Waals surface area contributed by atoms with E-state index in [9.17, 15) is 10.1 Å². The fraction of sp³-hybridized carbons (Fsp3) is 0.583. The van der Waals surface area contributed by atoms with E-state index in [1.165, 1.54) is 25.0 Å². The molecule has 1 N–H and O–H groups in total. The zero-order valence-corrected chi connectivity index (χ0v) is 18.4. The fourth-order valence-corrected chi connectivity index (χ4v) is 5.41. The second-order valence-corrected chi connectivity index (χ2v) is 8.93. The first-order chi connectivity index (χ1) is 14.5. The van der Waals surface area contributed by atoms with Gasteiger partial charge < -0.3 is 14.5 Å². The quantitative estimate of drug-likeness (QED) is 0.788. The Morgan fingerprint density at radius 2 is 1.97 bits per heavy atom. The second kappa shape index (κ2) is 8.69. The molecule has 1 aliphatic heterocycles. The largest absolute Gasteiger partial charge is 0.353 e. The molecule has 2 aromatic heterocycles. The van der Waals surface area contributed by atoms with Crippen LogP contribution in [-0.4, -0.2) is 33.0 Å². The molecular formula is C24H33N5O. The standard InChI is InChI=1S/C24H33N5O/c1-17-18(2)29(19-9-5-4-6-10-19)24(20(17)15-25)26-23(30)16-28-14-8-12-22(28)21-11-7-13-27(21)3/h7,11,13,19,22H,4-6,8-10,12,14,16H2,1-3H3,(H,26,30)/t22-/m1/s1. The van der Waals surface area contributed by atoms with E-state index in [-0.39, 0.29) is 11.9 Å². The predicted octanol–water partition coefficient (Wildman–Crippen LogP) is 4.60. The Balaban J connectivity index is 1.55. The monoisotopic (exact) mass is 407 g/mol. The van der Waals surface area contributed by atoms with Crippen LogP contribution < -0.4 is 5.32 Å². The average molecular weight is 408 g/mol. The summed E-state index contributed by atoms with van der Waals surface area (Å²) in [6.45, 7) is 5.35. The molecule has 0 radical (unpaired) electrons. The summed E-state index contributed by atoms with van der Waals surface area (Å²) in [7, 11) is 2.06. The van der Waals surface area contributed by atoms with Crippen LogP contribution in [0.15, 0.2) is 18.3 Å². The summed E-state index contributed by atoms with van der Waals surface area (Å²) < 4.78 is 4.39. The Morgan fingerprint density at radius 1 is 1.20 bits per heavy atom. The van der Waals surface area contributed by atoms with Crippen LogP contribution in [0, 0.1) is 25.2 Å². The number of carbonyl (C=O) groups is 1. The van der Waals surface area contributed by atoms with E-state index in [0.29, 0.717) is 24.0 Å². The molecule has 0 unspecified atom stereocenters. The number of aromatic nitrogens is 2. The number of carbonyl (C=O) groups excluding carboxylic acids is 1. The first-order valence-electron chi connectivity index (χ1n) is 11.3. The highest BCUT2D eigenvalue weighted by Gasteiger charge is 2.30. The average Bonchev–Trinajstić information content (AvgIpc) is 3.42. The van der Waals surface area contributed by atoms with Gasteiger partial charge >= 0.3 is 0 Å². The van der Waals surface area contributed by atoms with Gasteiger partial charge in [-0.1, -0.05) is 19.3 Å². The zero-order chi connectivity index (χ0) is 21.3. The number of hydrogen-bond donors (Lipinski definition) is 1. The number of hydrogen-bond acceptors (Lipinski definition) is 3. The number of anilines is 1. The van der Waals surface area contributed by atoms with Crippen LogP contribution in [0.4, 0.5) is 5.82 Å². The number of amides is 1. The molecule has 0 bridgehead atoms. The van der Waals surface area contributed by atoms with Crippen molar-refractivity contribution in [2.45, 2.75) is 70.9 Å². The zero-order valence-electron chi connectivity index (χ0n) is 18.4. The van der Waals surface area contributed by atoms with Gasteiger partial charge in [-0.3, -0.25) is 9.69 Å². The van der Waals surface area contributed by atoms with Crippen LogP contribution in [0.2, 0.25) is 0 Å². The summed E-state index contributed by atoms with van der Waals surface area (Å²) in [6.07, 6.45) is 10.2. The SMILES string of the molecule is Cc1c(C#N)c(NC(=O)CN2CCC[C@@H]2c2cccn2C)n(C2CCCCC2)c1C. The summed E-state index contributed by atoms with van der Waals surface area (Å²) in [5.41, 5.74) is 3.97. The Morgan fingerprint density at radius 3 is 2.63 bits per heavy atom. The maximum atomic E-state index is 13.1. The van der Waals surface area contributed by atoms with Crippen LogP contribution in [0.1, 0.15) is 79.5 Å². The molecule has 2 aromatic rings. The van der Waals surface area contributed by atoms with Crippen LogP contribution in [0.5, 0.6) is 0 Å². The molecule has 1 amide bonds. The van der Waals surface area contributed by atoms with E-state index in [0.717, 1.165) is 43.5 Å². The van der Waals surface area contributed by atoms with E-state index in [1.807, 2.05) is 6.92 Å². The molecule has 30 heavy (non-hydrogen) atoms. The maximum Gasteiger partial charge on any atom is 0.239 e. The Hall–Kier alpha value is -2.52. The van der Waals surface area contributed by atoms with Crippen molar-refractivity contribution in [3.8, 4) is 6.07 Å². The highest BCUT2D eigenvalue weighted by molar-refractivity contribution is 5.93. The summed E-state index contributed by atoms with van der Waals surface area (Å²) in [5, 5.41) is 13.0. The van der Waals surface area contributed by atoms with Gasteiger partial charge in [0.05, 0.1) is 18.2 Å². The number of rotatable bonds is 5. The van der Waals surface area contributed by atoms with Gasteiger partial charge in [0.2, 0.25) is 5.91 Å². The van der Waals surface area contributed by atoms with Crippen LogP contribution >= 0.6 is 0 Å². The highest BCUT2D eigenvalue weighted by atomic mass is 16.2. The lowest BCUT2D eigenvalue weighted by Crippen LogP contribution is -2.34. The fourth-order valence-electron chi connectivity index (χ4n) is 5.41. The molecule has 2 aliphatic rings. The minimum absolute atomic E-state index is 0.0258. The van der Waals surface area contributed by atoms with Gasteiger partial charge in [-0.2, -0.15) is 5.26 Å². The first-order valence-corrected chi connectivity index (χ1v) is 11.3. The maximum absolute atomic E-state index is 13.1. The molecule has 6 heteroatoms. The van der Waals surface area contributed by atoms with Gasteiger partial charge in [0.1, 0.15) is 11.9 Å². The number of aryl methyl sites for hydroxylation is 1. The summed E-state index contributed by atoms with van der Waals surface area (Å²) in [5.74, 6) is 0.682. The van der Waals surface area contributed by atoms with Gasteiger partial charge in [-0.25, -0.2) is 0 Å². The van der Waals surface area contributed by atoms with E-state index >= 15 is 0 Å². The van der Waals surface area contributed by atoms with E-state index in [1.54, 1.807) is 0 Å². The summed E-state index contributed by atoms with van der Waals surface area (Å²) >= 11 is 0. The summed E-state index contributed by atoms with van der Waals surface area (Å²) in [6, 6.07) is 7.21. The Kier molecular flexibility index (Phi) is 6.01. The predicted molar refractivity (Wildman–Crippen MR) is 118 cm³/mol. The molecule has 0 spiro atoms. The molecule has 0 aromatic carbocycles. The molecule has 160 valence electrons. The lowest BCUT2D eigenvalue weighted by Gasteiger charge is -2.28. The van der Waals surface area contributed by atoms with Crippen molar-refractivity contribution in [1.82, 2.24) is 14.0 Å². The third kappa shape index (κ3) is 3.79. The Labute approximate surface area is 179 Å². The molecule has 2 fully saturated rings. The van der Waals surface area contributed by atoms with Gasteiger partial charge in [0.25, 0.3) is 0 Å². The molecular weight excluding hydrogens is 374 g/mol. The topological polar surface area (TPSA) is 66.0 Å². The third-order valence-electron chi connectivity index (χ3n) is 7.10. The lowest BCUT2D eigenvalue weighted by molar-refractivity contribution is -0.117. The lowest BCUT2D eigenvalue weighted by atomic mass is 9.95. The Bertz CT molecular complexity index is 957. The number of nitrogens with zero attached hydrogens (tertiary/aromatic N) is 4. The number of likely N-dealkylation sites (tertiary alicyclic amines) is 1. The normalized spacial score (nSPS) is 20.4. The minimum atomic E-state index is -0.0258. The second-order valence-electron chi connectivity index (χ2n) is 8.93. The van der Waals surface area contributed by atoms with E-state index < -0.39 is 0 Å². The minimum Gasteiger partial charge on any atom is -0.353 e. The number of nitrogens with one attached hydrogen (secondary N) is 1. The molecule has 1 saturated heterocycles. The van der Waals surface area contributed by atoms with Crippen molar-refractivity contribution in [3.05, 3.63) is 40.8 Å². The first kappa shape index (κ1) is 20.7. The molecule has 1 aliphatic carbocycles. The van der Waals surface area contributed by atoms with Gasteiger partial charge in [-0.05, 0) is 63.8 Å². The molecule has 3 heterocycles. The van der Waals surface area contributed by atoms with Gasteiger partial charge in [-0.15, -0.1) is 0 Å². The van der Waals surface area contributed by atoms with Crippen molar-refractivity contribution < 1.29 is 4.79 Å². The molecule has 1 saturated carbocycles. The smallest absolute Gasteiger partial charge is 0.239 e. The van der Waals surface area contributed by atoms with Crippen LogP contribution in [-0.2, 0) is 11.8 Å². The molecule has 1 atom stereocenters. The van der Waals surface area contributed by atoms with Crippen molar-refractivity contribution in [1.29, 1.82) is 5.26 Å². The van der Waals surface area contributed by atoms with Gasteiger partial charge in [0.15, 0.2) is 0 Å². The van der Waals surface area contributed by atoms with Crippen LogP contribution in [0.3, 0.4) is 0 Å².